The molecule has 13 nitrogen and oxygen atoms in total. The van der Waals surface area contributed by atoms with Gasteiger partial charge in [-0.25, -0.2) is 0 Å². The second-order valence-electron chi connectivity index (χ2n) is 12.3. The zero-order valence-electron chi connectivity index (χ0n) is 27.4. The highest BCUT2D eigenvalue weighted by Gasteiger charge is 2.39. The number of amides is 6. The smallest absolute Gasteiger partial charge is 0.251 e. The largest absolute Gasteiger partial charge is 0.391 e. The topological polar surface area (TPSA) is 186 Å². The Labute approximate surface area is 280 Å². The van der Waals surface area contributed by atoms with Gasteiger partial charge in [0.2, 0.25) is 29.5 Å². The maximum atomic E-state index is 14.0. The number of aliphatic hydroxyl groups is 1. The summed E-state index contributed by atoms with van der Waals surface area (Å²) in [6.45, 7) is 3.64. The molecule has 258 valence electrons. The molecule has 2 aromatic rings. The van der Waals surface area contributed by atoms with E-state index in [9.17, 15) is 33.9 Å². The Morgan fingerprint density at radius 2 is 1.50 bits per heavy atom. The highest BCUT2D eigenvalue weighted by atomic mass is 16.3. The molecule has 2 fully saturated rings. The predicted octanol–water partition coefficient (Wildman–Crippen LogP) is 0.564. The number of carbonyl (C=O) groups excluding carboxylic acids is 6. The maximum absolute atomic E-state index is 14.0. The van der Waals surface area contributed by atoms with Crippen LogP contribution in [-0.4, -0.2) is 94.9 Å². The molecule has 2 heterocycles. The van der Waals surface area contributed by atoms with E-state index in [0.29, 0.717) is 44.3 Å². The number of nitrogens with zero attached hydrogens (tertiary/aromatic N) is 1. The molecule has 13 heteroatoms. The second kappa shape index (κ2) is 17.4. The summed E-state index contributed by atoms with van der Waals surface area (Å²) in [4.78, 5) is 82.3. The molecule has 6 amide bonds. The Morgan fingerprint density at radius 1 is 0.833 bits per heavy atom. The number of rotatable bonds is 6. The molecule has 6 N–H and O–H groups in total. The normalized spacial score (nSPS) is 25.6. The van der Waals surface area contributed by atoms with Crippen LogP contribution >= 0.6 is 0 Å². The van der Waals surface area contributed by atoms with E-state index in [2.05, 4.69) is 26.6 Å². The van der Waals surface area contributed by atoms with Crippen LogP contribution in [0.2, 0.25) is 0 Å². The van der Waals surface area contributed by atoms with Crippen LogP contribution in [0, 0.1) is 0 Å². The van der Waals surface area contributed by atoms with Crippen LogP contribution in [0.15, 0.2) is 60.7 Å². The highest BCUT2D eigenvalue weighted by Crippen LogP contribution is 2.20. The minimum atomic E-state index is -1.46. The summed E-state index contributed by atoms with van der Waals surface area (Å²) in [7, 11) is 0. The van der Waals surface area contributed by atoms with E-state index < -0.39 is 65.8 Å². The van der Waals surface area contributed by atoms with E-state index in [-0.39, 0.29) is 25.2 Å². The molecule has 2 aliphatic heterocycles. The quantitative estimate of drug-likeness (QED) is 0.261. The lowest BCUT2D eigenvalue weighted by Crippen LogP contribution is -2.61. The lowest BCUT2D eigenvalue weighted by Gasteiger charge is -2.30. The number of carbonyl (C=O) groups is 6. The van der Waals surface area contributed by atoms with Gasteiger partial charge in [0, 0.05) is 25.1 Å². The molecule has 2 aliphatic rings. The third-order valence-electron chi connectivity index (χ3n) is 8.72. The fraction of sp³-hybridized carbons (Fsp3) is 0.486. The Balaban J connectivity index is 1.61. The van der Waals surface area contributed by atoms with Crippen molar-refractivity contribution in [3.8, 4) is 0 Å². The first kappa shape index (κ1) is 36.1. The van der Waals surface area contributed by atoms with E-state index >= 15 is 0 Å². The average molecular weight is 663 g/mol. The third kappa shape index (κ3) is 9.63. The van der Waals surface area contributed by atoms with Crippen LogP contribution in [0.3, 0.4) is 0 Å². The van der Waals surface area contributed by atoms with Gasteiger partial charge in [-0.15, -0.1) is 0 Å². The maximum Gasteiger partial charge on any atom is 0.251 e. The van der Waals surface area contributed by atoms with Crippen molar-refractivity contribution >= 4 is 35.4 Å². The number of aliphatic hydroxyl groups excluding tert-OH is 1. The molecule has 0 aliphatic carbocycles. The standard InChI is InChI=1S/C35H46N6O7/c1-3-25-31(44)40-29(22(2)42)34(47)39-27(21-23-13-6-4-7-14-23)35(48)41-20-12-18-28(41)33(46)36-19-11-10-17-26(32(45)37-25)38-30(43)24-15-8-5-9-16-24/h4-9,13-16,22,25-29,42H,3,10-12,17-21H2,1-2H3,(H,36,46)(H,37,45)(H,38,43)(H,39,47)(H,40,44)/t22-,25+,26+,27-,28+,29+/m1/s1. The molecule has 48 heavy (non-hydrogen) atoms. The van der Waals surface area contributed by atoms with Gasteiger partial charge >= 0.3 is 0 Å². The third-order valence-corrected chi connectivity index (χ3v) is 8.72. The molecule has 2 saturated heterocycles. The van der Waals surface area contributed by atoms with Gasteiger partial charge in [-0.3, -0.25) is 28.8 Å². The summed E-state index contributed by atoms with van der Waals surface area (Å²) in [5.74, 6) is -3.29. The minimum Gasteiger partial charge on any atom is -0.391 e. The Hall–Kier alpha value is -4.78. The molecule has 0 saturated carbocycles. The molecule has 2 aromatic carbocycles. The second-order valence-corrected chi connectivity index (χ2v) is 12.3. The van der Waals surface area contributed by atoms with Gasteiger partial charge in [-0.2, -0.15) is 0 Å². The summed E-state index contributed by atoms with van der Waals surface area (Å²) in [5, 5.41) is 24.2. The van der Waals surface area contributed by atoms with Crippen LogP contribution in [-0.2, 0) is 30.4 Å². The molecule has 6 atom stereocenters. The van der Waals surface area contributed by atoms with Crippen molar-refractivity contribution in [1.82, 2.24) is 31.5 Å². The first-order chi connectivity index (χ1) is 23.1. The van der Waals surface area contributed by atoms with E-state index in [1.165, 1.54) is 11.8 Å². The molecule has 0 spiro atoms. The van der Waals surface area contributed by atoms with Crippen LogP contribution in [0.25, 0.3) is 0 Å². The highest BCUT2D eigenvalue weighted by molar-refractivity contribution is 5.99. The molecule has 0 bridgehead atoms. The first-order valence-corrected chi connectivity index (χ1v) is 16.7. The lowest BCUT2D eigenvalue weighted by molar-refractivity contribution is -0.142. The SMILES string of the molecule is CC[C@@H]1NC(=O)[C@@H](NC(=O)c2ccccc2)CCCCNC(=O)[C@@H]2CCCN2C(=O)[C@@H](Cc2ccccc2)NC(=O)[C@H]([C@@H](C)O)NC1=O. The monoisotopic (exact) mass is 662 g/mol. The van der Waals surface area contributed by atoms with Crippen LogP contribution in [0.5, 0.6) is 0 Å². The summed E-state index contributed by atoms with van der Waals surface area (Å²) < 4.78 is 0. The van der Waals surface area contributed by atoms with Gasteiger partial charge in [0.1, 0.15) is 30.2 Å². The van der Waals surface area contributed by atoms with Crippen LogP contribution in [0.1, 0.15) is 68.3 Å². The predicted molar refractivity (Wildman–Crippen MR) is 177 cm³/mol. The number of hydrogen-bond donors (Lipinski definition) is 6. The van der Waals surface area contributed by atoms with Gasteiger partial charge < -0.3 is 36.6 Å². The number of hydrogen-bond acceptors (Lipinski definition) is 7. The van der Waals surface area contributed by atoms with Crippen LogP contribution < -0.4 is 26.6 Å². The fourth-order valence-electron chi connectivity index (χ4n) is 6.00. The Kier molecular flexibility index (Phi) is 13.1. The van der Waals surface area contributed by atoms with Crippen molar-refractivity contribution in [1.29, 1.82) is 0 Å². The summed E-state index contributed by atoms with van der Waals surface area (Å²) in [6, 6.07) is 12.2. The fourth-order valence-corrected chi connectivity index (χ4v) is 6.00. The summed E-state index contributed by atoms with van der Waals surface area (Å²) in [5.41, 5.74) is 1.14. The van der Waals surface area contributed by atoms with Crippen molar-refractivity contribution in [3.63, 3.8) is 0 Å². The zero-order valence-corrected chi connectivity index (χ0v) is 27.4. The van der Waals surface area contributed by atoms with E-state index in [4.69, 9.17) is 0 Å². The van der Waals surface area contributed by atoms with Crippen molar-refractivity contribution in [2.24, 2.45) is 0 Å². The Morgan fingerprint density at radius 3 is 2.17 bits per heavy atom. The van der Waals surface area contributed by atoms with Gasteiger partial charge in [0.05, 0.1) is 6.10 Å². The van der Waals surface area contributed by atoms with Crippen molar-refractivity contribution in [2.45, 2.75) is 95.1 Å². The van der Waals surface area contributed by atoms with Crippen molar-refractivity contribution in [3.05, 3.63) is 71.8 Å². The van der Waals surface area contributed by atoms with Crippen molar-refractivity contribution < 1.29 is 33.9 Å². The van der Waals surface area contributed by atoms with Gasteiger partial charge in [-0.1, -0.05) is 55.5 Å². The number of benzene rings is 2. The number of nitrogens with one attached hydrogen (secondary N) is 5. The molecule has 0 aromatic heterocycles. The van der Waals surface area contributed by atoms with E-state index in [1.807, 2.05) is 30.3 Å². The van der Waals surface area contributed by atoms with E-state index in [0.717, 1.165) is 5.56 Å². The van der Waals surface area contributed by atoms with Gasteiger partial charge in [0.15, 0.2) is 0 Å². The first-order valence-electron chi connectivity index (χ1n) is 16.7. The van der Waals surface area contributed by atoms with Gasteiger partial charge in [0.25, 0.3) is 5.91 Å². The number of fused-ring (bicyclic) bond motifs is 1. The molecule has 0 unspecified atom stereocenters. The van der Waals surface area contributed by atoms with Crippen molar-refractivity contribution in [2.75, 3.05) is 13.1 Å². The van der Waals surface area contributed by atoms with Crippen LogP contribution in [0.4, 0.5) is 0 Å². The molecule has 4 rings (SSSR count). The Bertz CT molecular complexity index is 1440. The molecular weight excluding hydrogens is 616 g/mol. The van der Waals surface area contributed by atoms with Gasteiger partial charge in [-0.05, 0) is 63.1 Å². The average Bonchev–Trinajstić information content (AvgIpc) is 3.58. The molecular formula is C35H46N6O7. The zero-order chi connectivity index (χ0) is 34.6. The molecule has 0 radical (unpaired) electrons. The van der Waals surface area contributed by atoms with E-state index in [1.54, 1.807) is 37.3 Å². The lowest BCUT2D eigenvalue weighted by atomic mass is 10.0. The minimum absolute atomic E-state index is 0.125. The summed E-state index contributed by atoms with van der Waals surface area (Å²) >= 11 is 0. The summed E-state index contributed by atoms with van der Waals surface area (Å²) in [6.07, 6.45) is 1.19.